The van der Waals surface area contributed by atoms with E-state index in [1.54, 1.807) is 0 Å². The number of hydrogen-bond donors (Lipinski definition) is 1. The van der Waals surface area contributed by atoms with Crippen molar-refractivity contribution in [1.29, 1.82) is 0 Å². The fourth-order valence-electron chi connectivity index (χ4n) is 0.771. The molecule has 0 unspecified atom stereocenters. The van der Waals surface area contributed by atoms with Crippen molar-refractivity contribution in [2.45, 2.75) is 18.1 Å². The van der Waals surface area contributed by atoms with Crippen LogP contribution in [-0.2, 0) is 29.2 Å². The molecule has 0 aliphatic rings. The molecular weight excluding hydrogens is 309 g/mol. The first-order valence-corrected chi connectivity index (χ1v) is 6.43. The summed E-state index contributed by atoms with van der Waals surface area (Å²) in [6, 6.07) is 0. The van der Waals surface area contributed by atoms with Gasteiger partial charge in [-0.05, 0) is 6.42 Å². The fraction of sp³-hybridized carbons (Fsp3) is 0.556. The van der Waals surface area contributed by atoms with E-state index in [9.17, 15) is 31.2 Å². The number of esters is 2. The summed E-state index contributed by atoms with van der Waals surface area (Å²) in [5.74, 6) is -3.86. The number of ether oxygens (including phenoxy) is 2. The summed E-state index contributed by atoms with van der Waals surface area (Å²) in [7, 11) is -5.68. The Bertz CT molecular complexity index is 486. The van der Waals surface area contributed by atoms with Crippen LogP contribution >= 0.6 is 0 Å². The summed E-state index contributed by atoms with van der Waals surface area (Å²) in [4.78, 5) is 21.5. The highest BCUT2D eigenvalue weighted by Crippen LogP contribution is 2.20. The molecule has 0 aromatic carbocycles. The SMILES string of the molecule is C=C(F)C(=O)OCCCC(=O)OCC(F)(F)S(=O)(=O)O. The van der Waals surface area contributed by atoms with Crippen LogP contribution in [0.3, 0.4) is 0 Å². The van der Waals surface area contributed by atoms with Crippen LogP contribution < -0.4 is 0 Å². The van der Waals surface area contributed by atoms with E-state index in [0.717, 1.165) is 0 Å². The molecule has 0 fully saturated rings. The van der Waals surface area contributed by atoms with Gasteiger partial charge in [-0.15, -0.1) is 0 Å². The maximum absolute atomic E-state index is 12.6. The first-order chi connectivity index (χ1) is 8.97. The van der Waals surface area contributed by atoms with Crippen molar-refractivity contribution in [2.75, 3.05) is 13.2 Å². The lowest BCUT2D eigenvalue weighted by Crippen LogP contribution is -2.34. The molecule has 0 saturated carbocycles. The van der Waals surface area contributed by atoms with Crippen LogP contribution in [0.2, 0.25) is 0 Å². The van der Waals surface area contributed by atoms with Crippen molar-refractivity contribution in [2.24, 2.45) is 0 Å². The van der Waals surface area contributed by atoms with Gasteiger partial charge < -0.3 is 9.47 Å². The molecule has 0 bridgehead atoms. The molecule has 0 amide bonds. The third-order valence-electron chi connectivity index (χ3n) is 1.76. The fourth-order valence-corrected chi connectivity index (χ4v) is 0.979. The van der Waals surface area contributed by atoms with Crippen molar-refractivity contribution in [1.82, 2.24) is 0 Å². The minimum atomic E-state index is -5.68. The molecule has 0 heterocycles. The quantitative estimate of drug-likeness (QED) is 0.305. The van der Waals surface area contributed by atoms with Crippen LogP contribution in [-0.4, -0.2) is 43.4 Å². The van der Waals surface area contributed by atoms with Crippen LogP contribution in [0.15, 0.2) is 12.4 Å². The highest BCUT2D eigenvalue weighted by molar-refractivity contribution is 7.86. The molecule has 0 rings (SSSR count). The monoisotopic (exact) mass is 320 g/mol. The van der Waals surface area contributed by atoms with E-state index in [0.29, 0.717) is 0 Å². The zero-order chi connectivity index (χ0) is 16.0. The summed E-state index contributed by atoms with van der Waals surface area (Å²) in [5.41, 5.74) is 0. The number of hydrogen-bond acceptors (Lipinski definition) is 6. The van der Waals surface area contributed by atoms with Crippen molar-refractivity contribution in [3.05, 3.63) is 12.4 Å². The van der Waals surface area contributed by atoms with Crippen LogP contribution in [0.1, 0.15) is 12.8 Å². The number of halogens is 3. The van der Waals surface area contributed by atoms with Crippen molar-refractivity contribution in [3.63, 3.8) is 0 Å². The molecular formula is C9H11F3O7S. The molecule has 7 nitrogen and oxygen atoms in total. The average molecular weight is 320 g/mol. The third kappa shape index (κ3) is 6.52. The van der Waals surface area contributed by atoms with Crippen molar-refractivity contribution in [3.8, 4) is 0 Å². The van der Waals surface area contributed by atoms with Gasteiger partial charge in [-0.3, -0.25) is 9.35 Å². The molecule has 0 radical (unpaired) electrons. The number of carbonyl (C=O) groups excluding carboxylic acids is 2. The van der Waals surface area contributed by atoms with E-state index in [1.807, 2.05) is 0 Å². The Morgan fingerprint density at radius 2 is 1.80 bits per heavy atom. The number of alkyl halides is 2. The zero-order valence-corrected chi connectivity index (χ0v) is 10.8. The molecule has 0 spiro atoms. The standard InChI is InChI=1S/C9H11F3O7S/c1-6(10)8(14)18-4-2-3-7(13)19-5-9(11,12)20(15,16)17/h1-5H2,(H,15,16,17). The Balaban J connectivity index is 3.97. The minimum Gasteiger partial charge on any atom is -0.460 e. The molecule has 1 N–H and O–H groups in total. The summed E-state index contributed by atoms with van der Waals surface area (Å²) in [5, 5.41) is -4.61. The van der Waals surface area contributed by atoms with Crippen LogP contribution in [0.25, 0.3) is 0 Å². The zero-order valence-electron chi connectivity index (χ0n) is 9.97. The van der Waals surface area contributed by atoms with Gasteiger partial charge in [0.15, 0.2) is 6.61 Å². The third-order valence-corrected chi connectivity index (χ3v) is 2.63. The first-order valence-electron chi connectivity index (χ1n) is 4.99. The maximum atomic E-state index is 12.6. The molecule has 0 atom stereocenters. The van der Waals surface area contributed by atoms with Crippen molar-refractivity contribution < 1.29 is 45.2 Å². The average Bonchev–Trinajstić information content (AvgIpc) is 2.30. The van der Waals surface area contributed by atoms with Gasteiger partial charge in [0.1, 0.15) is 0 Å². The Hall–Kier alpha value is -1.62. The topological polar surface area (TPSA) is 107 Å². The summed E-state index contributed by atoms with van der Waals surface area (Å²) >= 11 is 0. The van der Waals surface area contributed by atoms with E-state index in [4.69, 9.17) is 4.55 Å². The van der Waals surface area contributed by atoms with Crippen LogP contribution in [0, 0.1) is 0 Å². The van der Waals surface area contributed by atoms with Gasteiger partial charge in [-0.1, -0.05) is 6.58 Å². The Labute approximate surface area is 112 Å². The smallest absolute Gasteiger partial charge is 0.402 e. The van der Waals surface area contributed by atoms with Crippen LogP contribution in [0.4, 0.5) is 13.2 Å². The van der Waals surface area contributed by atoms with E-state index in [2.05, 4.69) is 16.1 Å². The van der Waals surface area contributed by atoms with Crippen LogP contribution in [0.5, 0.6) is 0 Å². The summed E-state index contributed by atoms with van der Waals surface area (Å²) in [6.07, 6.45) is -0.636. The molecule has 0 aromatic heterocycles. The van der Waals surface area contributed by atoms with Gasteiger partial charge in [0, 0.05) is 6.42 Å². The first kappa shape index (κ1) is 18.4. The molecule has 20 heavy (non-hydrogen) atoms. The highest BCUT2D eigenvalue weighted by atomic mass is 32.2. The Morgan fingerprint density at radius 3 is 2.25 bits per heavy atom. The lowest BCUT2D eigenvalue weighted by Gasteiger charge is -2.12. The predicted molar refractivity (Wildman–Crippen MR) is 57.9 cm³/mol. The highest BCUT2D eigenvalue weighted by Gasteiger charge is 2.45. The second-order valence-electron chi connectivity index (χ2n) is 3.42. The molecule has 116 valence electrons. The Morgan fingerprint density at radius 1 is 1.25 bits per heavy atom. The van der Waals surface area contributed by atoms with E-state index >= 15 is 0 Å². The molecule has 0 aromatic rings. The normalized spacial score (nSPS) is 11.8. The van der Waals surface area contributed by atoms with Gasteiger partial charge >= 0.3 is 27.3 Å². The van der Waals surface area contributed by atoms with Crippen molar-refractivity contribution >= 4 is 22.1 Å². The van der Waals surface area contributed by atoms with E-state index < -0.39 is 46.2 Å². The Kier molecular flexibility index (Phi) is 6.65. The molecule has 0 aliphatic heterocycles. The minimum absolute atomic E-state index is 0.157. The number of carbonyl (C=O) groups is 2. The van der Waals surface area contributed by atoms with Gasteiger partial charge in [0.05, 0.1) is 6.61 Å². The van der Waals surface area contributed by atoms with Gasteiger partial charge in [0.25, 0.3) is 0 Å². The molecule has 0 saturated heterocycles. The lowest BCUT2D eigenvalue weighted by molar-refractivity contribution is -0.151. The van der Waals surface area contributed by atoms with E-state index in [-0.39, 0.29) is 13.0 Å². The summed E-state index contributed by atoms with van der Waals surface area (Å²) in [6.45, 7) is 0.427. The maximum Gasteiger partial charge on any atom is 0.402 e. The molecule has 0 aliphatic carbocycles. The predicted octanol–water partition coefficient (Wildman–Crippen LogP) is 0.817. The largest absolute Gasteiger partial charge is 0.460 e. The van der Waals surface area contributed by atoms with Gasteiger partial charge in [-0.25, -0.2) is 4.79 Å². The second kappa shape index (κ2) is 7.24. The summed E-state index contributed by atoms with van der Waals surface area (Å²) < 4.78 is 74.0. The second-order valence-corrected chi connectivity index (χ2v) is 4.96. The lowest BCUT2D eigenvalue weighted by atomic mass is 10.3. The van der Waals surface area contributed by atoms with E-state index in [1.165, 1.54) is 0 Å². The van der Waals surface area contributed by atoms with Gasteiger partial charge in [-0.2, -0.15) is 21.6 Å². The van der Waals surface area contributed by atoms with Gasteiger partial charge in [0.2, 0.25) is 5.83 Å². The number of rotatable bonds is 8. The molecule has 11 heteroatoms.